The SMILES string of the molecule is CC1Cc2c(sc3c(Br)cccc23)C(C)C1. The first-order chi connectivity index (χ1) is 7.66. The molecule has 0 amide bonds. The van der Waals surface area contributed by atoms with Gasteiger partial charge < -0.3 is 0 Å². The lowest BCUT2D eigenvalue weighted by Crippen LogP contribution is -2.12. The maximum Gasteiger partial charge on any atom is 0.0490 e. The Morgan fingerprint density at radius 2 is 2.12 bits per heavy atom. The topological polar surface area (TPSA) is 0 Å². The quantitative estimate of drug-likeness (QED) is 0.614. The van der Waals surface area contributed by atoms with Crippen molar-refractivity contribution in [3.05, 3.63) is 33.1 Å². The van der Waals surface area contributed by atoms with Crippen LogP contribution in [0.25, 0.3) is 10.1 Å². The first kappa shape index (κ1) is 10.8. The summed E-state index contributed by atoms with van der Waals surface area (Å²) >= 11 is 5.66. The van der Waals surface area contributed by atoms with Crippen molar-refractivity contribution in [2.24, 2.45) is 5.92 Å². The molecule has 2 aromatic rings. The normalized spacial score (nSPS) is 24.7. The summed E-state index contributed by atoms with van der Waals surface area (Å²) < 4.78 is 2.69. The van der Waals surface area contributed by atoms with Gasteiger partial charge in [-0.25, -0.2) is 0 Å². The van der Waals surface area contributed by atoms with Crippen molar-refractivity contribution >= 4 is 37.4 Å². The van der Waals surface area contributed by atoms with Crippen LogP contribution >= 0.6 is 27.3 Å². The Kier molecular flexibility index (Phi) is 2.60. The van der Waals surface area contributed by atoms with Crippen molar-refractivity contribution in [1.29, 1.82) is 0 Å². The molecule has 1 aliphatic carbocycles. The molecule has 2 unspecified atom stereocenters. The average molecular weight is 295 g/mol. The van der Waals surface area contributed by atoms with Gasteiger partial charge in [-0.2, -0.15) is 0 Å². The minimum absolute atomic E-state index is 0.739. The molecule has 0 N–H and O–H groups in total. The third kappa shape index (κ3) is 1.54. The van der Waals surface area contributed by atoms with Gasteiger partial charge in [-0.3, -0.25) is 0 Å². The maximum absolute atomic E-state index is 3.67. The molecule has 0 fully saturated rings. The summed E-state index contributed by atoms with van der Waals surface area (Å²) in [5.74, 6) is 1.57. The molecule has 3 rings (SSSR count). The van der Waals surface area contributed by atoms with E-state index in [2.05, 4.69) is 48.0 Å². The van der Waals surface area contributed by atoms with E-state index in [0.29, 0.717) is 0 Å². The van der Waals surface area contributed by atoms with E-state index in [-0.39, 0.29) is 0 Å². The van der Waals surface area contributed by atoms with Crippen LogP contribution in [0.1, 0.15) is 36.6 Å². The number of fused-ring (bicyclic) bond motifs is 3. The van der Waals surface area contributed by atoms with Gasteiger partial charge in [0.25, 0.3) is 0 Å². The second-order valence-electron chi connectivity index (χ2n) is 5.01. The van der Waals surface area contributed by atoms with Crippen molar-refractivity contribution in [2.45, 2.75) is 32.6 Å². The molecule has 0 aliphatic heterocycles. The predicted octanol–water partition coefficient (Wildman–Crippen LogP) is 5.35. The monoisotopic (exact) mass is 294 g/mol. The van der Waals surface area contributed by atoms with Crippen LogP contribution in [0.15, 0.2) is 22.7 Å². The number of halogens is 1. The first-order valence-corrected chi connectivity index (χ1v) is 7.47. The first-order valence-electron chi connectivity index (χ1n) is 5.86. The summed E-state index contributed by atoms with van der Waals surface area (Å²) in [5.41, 5.74) is 1.62. The van der Waals surface area contributed by atoms with E-state index in [0.717, 1.165) is 11.8 Å². The molecule has 0 spiro atoms. The van der Waals surface area contributed by atoms with Gasteiger partial charge in [0.15, 0.2) is 0 Å². The van der Waals surface area contributed by atoms with Gasteiger partial charge in [0.2, 0.25) is 0 Å². The minimum Gasteiger partial charge on any atom is -0.139 e. The predicted molar refractivity (Wildman–Crippen MR) is 75.4 cm³/mol. The molecule has 1 aromatic carbocycles. The lowest BCUT2D eigenvalue weighted by molar-refractivity contribution is 0.458. The van der Waals surface area contributed by atoms with Gasteiger partial charge in [-0.15, -0.1) is 11.3 Å². The largest absolute Gasteiger partial charge is 0.139 e. The summed E-state index contributed by atoms with van der Waals surface area (Å²) in [7, 11) is 0. The highest BCUT2D eigenvalue weighted by atomic mass is 79.9. The molecule has 2 heteroatoms. The van der Waals surface area contributed by atoms with E-state index < -0.39 is 0 Å². The zero-order valence-electron chi connectivity index (χ0n) is 9.59. The molecule has 0 saturated heterocycles. The number of hydrogen-bond acceptors (Lipinski definition) is 1. The number of hydrogen-bond donors (Lipinski definition) is 0. The molecule has 0 bridgehead atoms. The Bertz CT molecular complexity index is 541. The Morgan fingerprint density at radius 3 is 2.94 bits per heavy atom. The minimum atomic E-state index is 0.739. The third-order valence-corrected chi connectivity index (χ3v) is 5.99. The molecule has 16 heavy (non-hydrogen) atoms. The second kappa shape index (κ2) is 3.85. The third-order valence-electron chi connectivity index (χ3n) is 3.56. The highest BCUT2D eigenvalue weighted by molar-refractivity contribution is 9.10. The van der Waals surface area contributed by atoms with E-state index in [1.165, 1.54) is 27.4 Å². The van der Waals surface area contributed by atoms with Crippen molar-refractivity contribution in [1.82, 2.24) is 0 Å². The molecule has 0 nitrogen and oxygen atoms in total. The smallest absolute Gasteiger partial charge is 0.0490 e. The summed E-state index contributed by atoms with van der Waals surface area (Å²) in [6, 6.07) is 6.59. The fourth-order valence-corrected chi connectivity index (χ4v) is 4.82. The van der Waals surface area contributed by atoms with Crippen molar-refractivity contribution in [3.8, 4) is 0 Å². The van der Waals surface area contributed by atoms with E-state index in [9.17, 15) is 0 Å². The number of benzene rings is 1. The summed E-state index contributed by atoms with van der Waals surface area (Å²) in [6.45, 7) is 4.75. The lowest BCUT2D eigenvalue weighted by Gasteiger charge is -2.24. The van der Waals surface area contributed by atoms with Crippen molar-refractivity contribution in [2.75, 3.05) is 0 Å². The van der Waals surface area contributed by atoms with Crippen molar-refractivity contribution < 1.29 is 0 Å². The van der Waals surface area contributed by atoms with Crippen LogP contribution in [0.4, 0.5) is 0 Å². The van der Waals surface area contributed by atoms with Gasteiger partial charge in [-0.1, -0.05) is 26.0 Å². The van der Waals surface area contributed by atoms with E-state index in [4.69, 9.17) is 0 Å². The van der Waals surface area contributed by atoms with Crippen LogP contribution in [0, 0.1) is 5.92 Å². The highest BCUT2D eigenvalue weighted by Crippen LogP contribution is 2.45. The van der Waals surface area contributed by atoms with E-state index >= 15 is 0 Å². The van der Waals surface area contributed by atoms with Gasteiger partial charge in [-0.05, 0) is 57.6 Å². The van der Waals surface area contributed by atoms with Crippen LogP contribution in [0.2, 0.25) is 0 Å². The molecule has 1 heterocycles. The van der Waals surface area contributed by atoms with Crippen LogP contribution in [-0.4, -0.2) is 0 Å². The summed E-state index contributed by atoms with van der Waals surface area (Å²) in [5, 5.41) is 1.48. The van der Waals surface area contributed by atoms with E-state index in [1.807, 2.05) is 11.3 Å². The van der Waals surface area contributed by atoms with Gasteiger partial charge in [0, 0.05) is 14.0 Å². The van der Waals surface area contributed by atoms with Gasteiger partial charge >= 0.3 is 0 Å². The molecular weight excluding hydrogens is 280 g/mol. The standard InChI is InChI=1S/C14H15BrS/c1-8-6-9(2)13-11(7-8)10-4-3-5-12(15)14(10)16-13/h3-5,8-9H,6-7H2,1-2H3. The Balaban J connectivity index is 2.30. The fourth-order valence-electron chi connectivity index (χ4n) is 2.91. The van der Waals surface area contributed by atoms with Crippen LogP contribution in [-0.2, 0) is 6.42 Å². The molecule has 84 valence electrons. The molecule has 1 aromatic heterocycles. The Morgan fingerprint density at radius 1 is 1.31 bits per heavy atom. The van der Waals surface area contributed by atoms with Crippen molar-refractivity contribution in [3.63, 3.8) is 0 Å². The molecular formula is C14H15BrS. The highest BCUT2D eigenvalue weighted by Gasteiger charge is 2.25. The molecule has 2 atom stereocenters. The van der Waals surface area contributed by atoms with Crippen LogP contribution in [0.5, 0.6) is 0 Å². The molecule has 0 radical (unpaired) electrons. The maximum atomic E-state index is 3.67. The zero-order valence-corrected chi connectivity index (χ0v) is 12.0. The number of rotatable bonds is 0. The van der Waals surface area contributed by atoms with Crippen LogP contribution in [0.3, 0.4) is 0 Å². The summed E-state index contributed by atoms with van der Waals surface area (Å²) in [6.07, 6.45) is 2.60. The average Bonchev–Trinajstić information content (AvgIpc) is 2.59. The fraction of sp³-hybridized carbons (Fsp3) is 0.429. The second-order valence-corrected chi connectivity index (χ2v) is 6.91. The lowest BCUT2D eigenvalue weighted by atomic mass is 9.82. The Labute approximate surface area is 109 Å². The van der Waals surface area contributed by atoms with E-state index in [1.54, 1.807) is 10.4 Å². The molecule has 0 saturated carbocycles. The zero-order chi connectivity index (χ0) is 11.3. The van der Waals surface area contributed by atoms with Gasteiger partial charge in [0.05, 0.1) is 0 Å². The van der Waals surface area contributed by atoms with Crippen LogP contribution < -0.4 is 0 Å². The summed E-state index contributed by atoms with van der Waals surface area (Å²) in [4.78, 5) is 1.63. The Hall–Kier alpha value is -0.340. The molecule has 1 aliphatic rings. The van der Waals surface area contributed by atoms with Gasteiger partial charge in [0.1, 0.15) is 0 Å². The number of thiophene rings is 1.